The molecule has 0 amide bonds. The van der Waals surface area contributed by atoms with Gasteiger partial charge in [0.2, 0.25) is 0 Å². The number of nitrogens with one attached hydrogen (secondary N) is 1. The standard InChI is InChI=1S/C17H22F3NO5/c1-25-26-8-10-9(2-3-12(21-10)17(18,19)20)14(23)13-11(22)4-5-16(6-7-16)15(13)24/h9-10,12-13,21H,2-8H2,1H3. The van der Waals surface area contributed by atoms with E-state index in [9.17, 15) is 27.6 Å². The molecule has 9 heteroatoms. The van der Waals surface area contributed by atoms with Crippen molar-refractivity contribution in [2.24, 2.45) is 17.3 Å². The molecule has 3 fully saturated rings. The van der Waals surface area contributed by atoms with Crippen molar-refractivity contribution < 1.29 is 37.3 Å². The highest BCUT2D eigenvalue weighted by Gasteiger charge is 2.59. The van der Waals surface area contributed by atoms with Gasteiger partial charge in [-0.1, -0.05) is 0 Å². The number of Topliss-reactive ketones (excluding diaryl/α,β-unsaturated/α-hetero) is 3. The third-order valence-electron chi connectivity index (χ3n) is 5.89. The van der Waals surface area contributed by atoms with Crippen LogP contribution in [-0.2, 0) is 24.2 Å². The summed E-state index contributed by atoms with van der Waals surface area (Å²) in [5.41, 5.74) is -0.552. The van der Waals surface area contributed by atoms with E-state index in [-0.39, 0.29) is 31.7 Å². The average Bonchev–Trinajstić information content (AvgIpc) is 3.37. The molecular formula is C17H22F3NO5. The highest BCUT2D eigenvalue weighted by atomic mass is 19.4. The number of carbonyl (C=O) groups is 3. The predicted octanol–water partition coefficient (Wildman–Crippen LogP) is 1.76. The number of hydrogen-bond donors (Lipinski definition) is 1. The van der Waals surface area contributed by atoms with E-state index in [0.29, 0.717) is 19.3 Å². The number of hydrogen-bond acceptors (Lipinski definition) is 6. The first-order valence-electron chi connectivity index (χ1n) is 8.79. The average molecular weight is 377 g/mol. The van der Waals surface area contributed by atoms with E-state index < -0.39 is 47.1 Å². The summed E-state index contributed by atoms with van der Waals surface area (Å²) in [7, 11) is 1.21. The molecule has 0 aromatic rings. The lowest BCUT2D eigenvalue weighted by molar-refractivity contribution is -0.280. The maximum Gasteiger partial charge on any atom is 0.403 e. The Balaban J connectivity index is 1.77. The summed E-state index contributed by atoms with van der Waals surface area (Å²) in [4.78, 5) is 47.1. The SMILES string of the molecule is COOCC1NC(C(F)(F)F)CCC1C(=O)C1C(=O)CCC2(CC2)C1=O. The summed E-state index contributed by atoms with van der Waals surface area (Å²) in [6.45, 7) is -0.278. The van der Waals surface area contributed by atoms with Crippen LogP contribution in [0, 0.1) is 17.3 Å². The summed E-state index contributed by atoms with van der Waals surface area (Å²) < 4.78 is 39.1. The van der Waals surface area contributed by atoms with Gasteiger partial charge in [0.05, 0.1) is 13.7 Å². The number of alkyl halides is 3. The second-order valence-electron chi connectivity index (χ2n) is 7.45. The van der Waals surface area contributed by atoms with Crippen LogP contribution in [0.25, 0.3) is 0 Å². The third-order valence-corrected chi connectivity index (χ3v) is 5.89. The molecule has 1 spiro atoms. The molecule has 146 valence electrons. The fourth-order valence-electron chi connectivity index (χ4n) is 4.14. The minimum atomic E-state index is -4.45. The van der Waals surface area contributed by atoms with E-state index in [0.717, 1.165) is 0 Å². The molecule has 3 aliphatic rings. The zero-order chi connectivity index (χ0) is 19.1. The zero-order valence-electron chi connectivity index (χ0n) is 14.4. The monoisotopic (exact) mass is 377 g/mol. The van der Waals surface area contributed by atoms with Gasteiger partial charge >= 0.3 is 6.18 Å². The lowest BCUT2D eigenvalue weighted by Crippen LogP contribution is -2.59. The van der Waals surface area contributed by atoms with Gasteiger partial charge in [0.1, 0.15) is 12.0 Å². The van der Waals surface area contributed by atoms with Gasteiger partial charge in [0, 0.05) is 23.8 Å². The summed E-state index contributed by atoms with van der Waals surface area (Å²) in [5, 5.41) is 2.39. The summed E-state index contributed by atoms with van der Waals surface area (Å²) in [6, 6.07) is -2.73. The Morgan fingerprint density at radius 1 is 1.23 bits per heavy atom. The Morgan fingerprint density at radius 3 is 2.50 bits per heavy atom. The van der Waals surface area contributed by atoms with Crippen LogP contribution < -0.4 is 5.32 Å². The smallest absolute Gasteiger partial charge is 0.300 e. The molecule has 0 aromatic heterocycles. The molecule has 0 bridgehead atoms. The van der Waals surface area contributed by atoms with Crippen LogP contribution in [0.2, 0.25) is 0 Å². The highest BCUT2D eigenvalue weighted by molar-refractivity contribution is 6.23. The second kappa shape index (κ2) is 7.01. The molecular weight excluding hydrogens is 355 g/mol. The van der Waals surface area contributed by atoms with Crippen molar-refractivity contribution in [2.75, 3.05) is 13.7 Å². The lowest BCUT2D eigenvalue weighted by atomic mass is 9.70. The lowest BCUT2D eigenvalue weighted by Gasteiger charge is -2.38. The fourth-order valence-corrected chi connectivity index (χ4v) is 4.14. The minimum absolute atomic E-state index is 0.0577. The quantitative estimate of drug-likeness (QED) is 0.447. The molecule has 0 aromatic carbocycles. The maximum absolute atomic E-state index is 13.0. The molecule has 3 rings (SSSR count). The topological polar surface area (TPSA) is 81.7 Å². The number of rotatable bonds is 5. The van der Waals surface area contributed by atoms with Crippen LogP contribution in [0.4, 0.5) is 13.2 Å². The van der Waals surface area contributed by atoms with E-state index in [2.05, 4.69) is 10.2 Å². The normalized spacial score (nSPS) is 34.2. The van der Waals surface area contributed by atoms with Crippen molar-refractivity contribution >= 4 is 17.3 Å². The second-order valence-corrected chi connectivity index (χ2v) is 7.45. The number of halogens is 3. The Hall–Kier alpha value is -1.32. The zero-order valence-corrected chi connectivity index (χ0v) is 14.4. The van der Waals surface area contributed by atoms with E-state index in [1.54, 1.807) is 0 Å². The Morgan fingerprint density at radius 2 is 1.92 bits per heavy atom. The van der Waals surface area contributed by atoms with Crippen molar-refractivity contribution in [2.45, 2.75) is 56.8 Å². The Kier molecular flexibility index (Phi) is 5.24. The van der Waals surface area contributed by atoms with Crippen LogP contribution in [0.3, 0.4) is 0 Å². The van der Waals surface area contributed by atoms with E-state index in [1.165, 1.54) is 7.11 Å². The van der Waals surface area contributed by atoms with Crippen LogP contribution >= 0.6 is 0 Å². The van der Waals surface area contributed by atoms with Gasteiger partial charge in [-0.25, -0.2) is 9.78 Å². The van der Waals surface area contributed by atoms with Gasteiger partial charge in [-0.15, -0.1) is 0 Å². The van der Waals surface area contributed by atoms with Crippen molar-refractivity contribution in [1.29, 1.82) is 0 Å². The Labute approximate surface area is 148 Å². The van der Waals surface area contributed by atoms with Crippen LogP contribution in [0.15, 0.2) is 0 Å². The van der Waals surface area contributed by atoms with Gasteiger partial charge in [0.15, 0.2) is 17.3 Å². The van der Waals surface area contributed by atoms with Gasteiger partial charge in [-0.2, -0.15) is 13.2 Å². The van der Waals surface area contributed by atoms with Gasteiger partial charge in [-0.3, -0.25) is 14.4 Å². The molecule has 1 heterocycles. The number of carbonyl (C=O) groups excluding carboxylic acids is 3. The first-order valence-corrected chi connectivity index (χ1v) is 8.79. The van der Waals surface area contributed by atoms with E-state index >= 15 is 0 Å². The van der Waals surface area contributed by atoms with Crippen molar-refractivity contribution in [3.8, 4) is 0 Å². The number of piperidine rings is 1. The van der Waals surface area contributed by atoms with Crippen molar-refractivity contribution in [3.05, 3.63) is 0 Å². The molecule has 1 aliphatic heterocycles. The highest BCUT2D eigenvalue weighted by Crippen LogP contribution is 2.55. The predicted molar refractivity (Wildman–Crippen MR) is 81.9 cm³/mol. The van der Waals surface area contributed by atoms with E-state index in [4.69, 9.17) is 4.89 Å². The molecule has 4 unspecified atom stereocenters. The minimum Gasteiger partial charge on any atom is -0.300 e. The third kappa shape index (κ3) is 3.57. The molecule has 6 nitrogen and oxygen atoms in total. The van der Waals surface area contributed by atoms with Crippen molar-refractivity contribution in [3.63, 3.8) is 0 Å². The Bertz CT molecular complexity index is 602. The summed E-state index contributed by atoms with van der Waals surface area (Å²) >= 11 is 0. The molecule has 2 saturated carbocycles. The van der Waals surface area contributed by atoms with E-state index in [1.807, 2.05) is 0 Å². The van der Waals surface area contributed by atoms with Crippen LogP contribution in [-0.4, -0.2) is 49.3 Å². The molecule has 2 aliphatic carbocycles. The maximum atomic E-state index is 13.0. The molecule has 0 radical (unpaired) electrons. The first kappa shape index (κ1) is 19.4. The van der Waals surface area contributed by atoms with Crippen LogP contribution in [0.1, 0.15) is 38.5 Å². The van der Waals surface area contributed by atoms with Crippen LogP contribution in [0.5, 0.6) is 0 Å². The van der Waals surface area contributed by atoms with Gasteiger partial charge in [0.25, 0.3) is 0 Å². The first-order chi connectivity index (χ1) is 12.2. The largest absolute Gasteiger partial charge is 0.403 e. The molecule has 26 heavy (non-hydrogen) atoms. The van der Waals surface area contributed by atoms with Gasteiger partial charge < -0.3 is 5.32 Å². The fraction of sp³-hybridized carbons (Fsp3) is 0.824. The van der Waals surface area contributed by atoms with Crippen molar-refractivity contribution in [1.82, 2.24) is 5.32 Å². The number of ketones is 3. The molecule has 1 N–H and O–H groups in total. The summed E-state index contributed by atoms with van der Waals surface area (Å²) in [5.74, 6) is -3.57. The molecule has 4 atom stereocenters. The summed E-state index contributed by atoms with van der Waals surface area (Å²) in [6.07, 6.45) is -2.79. The molecule has 1 saturated heterocycles. The van der Waals surface area contributed by atoms with Gasteiger partial charge in [-0.05, 0) is 32.1 Å².